The van der Waals surface area contributed by atoms with E-state index < -0.39 is 0 Å². The van der Waals surface area contributed by atoms with E-state index in [1.807, 2.05) is 30.8 Å². The van der Waals surface area contributed by atoms with E-state index >= 15 is 0 Å². The average Bonchev–Trinajstić information content (AvgIpc) is 2.31. The number of nitrogens with one attached hydrogen (secondary N) is 1. The molecule has 0 spiro atoms. The van der Waals surface area contributed by atoms with Crippen molar-refractivity contribution < 1.29 is 4.74 Å². The first-order valence-corrected chi connectivity index (χ1v) is 7.04. The summed E-state index contributed by atoms with van der Waals surface area (Å²) in [5.41, 5.74) is 0. The molecule has 0 fully saturated rings. The Bertz CT molecular complexity index is 307. The van der Waals surface area contributed by atoms with Crippen LogP contribution in [-0.4, -0.2) is 29.6 Å². The normalized spacial score (nSPS) is 12.2. The van der Waals surface area contributed by atoms with Crippen molar-refractivity contribution in [3.8, 4) is 5.75 Å². The van der Waals surface area contributed by atoms with Crippen LogP contribution in [0, 0.1) is 0 Å². The van der Waals surface area contributed by atoms with Crippen molar-refractivity contribution in [3.05, 3.63) is 18.3 Å². The van der Waals surface area contributed by atoms with Crippen molar-refractivity contribution in [2.24, 2.45) is 0 Å². The van der Waals surface area contributed by atoms with Crippen molar-refractivity contribution in [1.29, 1.82) is 0 Å². The summed E-state index contributed by atoms with van der Waals surface area (Å²) in [5.74, 6) is 2.77. The van der Waals surface area contributed by atoms with E-state index in [2.05, 4.69) is 23.5 Å². The predicted octanol–water partition coefficient (Wildman–Crippen LogP) is 3.03. The number of hydrogen-bond donors (Lipinski definition) is 1. The van der Waals surface area contributed by atoms with Gasteiger partial charge in [0.15, 0.2) is 11.6 Å². The number of ether oxygens (including phenoxy) is 1. The predicted molar refractivity (Wildman–Crippen MR) is 71.5 cm³/mol. The van der Waals surface area contributed by atoms with Gasteiger partial charge in [-0.3, -0.25) is 0 Å². The molecule has 1 aromatic rings. The lowest BCUT2D eigenvalue weighted by Crippen LogP contribution is -2.22. The SMILES string of the molecule is CCOc1cccnc1NC(CC)CSC. The Morgan fingerprint density at radius 3 is 2.94 bits per heavy atom. The third-order valence-corrected chi connectivity index (χ3v) is 3.01. The highest BCUT2D eigenvalue weighted by molar-refractivity contribution is 7.98. The van der Waals surface area contributed by atoms with Crippen molar-refractivity contribution in [3.63, 3.8) is 0 Å². The van der Waals surface area contributed by atoms with E-state index in [0.29, 0.717) is 12.6 Å². The molecule has 0 aliphatic rings. The highest BCUT2D eigenvalue weighted by Gasteiger charge is 2.09. The minimum absolute atomic E-state index is 0.448. The fraction of sp³-hybridized carbons (Fsp3) is 0.583. The molecule has 1 atom stereocenters. The largest absolute Gasteiger partial charge is 0.490 e. The standard InChI is InChI=1S/C12H20N2OS/c1-4-10(9-16-3)14-12-11(15-5-2)7-6-8-13-12/h6-8,10H,4-5,9H2,1-3H3,(H,13,14). The molecule has 0 amide bonds. The molecule has 0 saturated carbocycles. The van der Waals surface area contributed by atoms with E-state index in [4.69, 9.17) is 4.74 Å². The van der Waals surface area contributed by atoms with Gasteiger partial charge in [-0.25, -0.2) is 4.98 Å². The van der Waals surface area contributed by atoms with Gasteiger partial charge in [-0.05, 0) is 31.7 Å². The molecule has 90 valence electrons. The smallest absolute Gasteiger partial charge is 0.168 e. The maximum absolute atomic E-state index is 5.53. The molecule has 0 aliphatic heterocycles. The van der Waals surface area contributed by atoms with Crippen molar-refractivity contribution in [2.75, 3.05) is 23.9 Å². The van der Waals surface area contributed by atoms with Gasteiger partial charge in [0.2, 0.25) is 0 Å². The Morgan fingerprint density at radius 1 is 1.50 bits per heavy atom. The number of thioether (sulfide) groups is 1. The van der Waals surface area contributed by atoms with Gasteiger partial charge in [0.25, 0.3) is 0 Å². The second-order valence-electron chi connectivity index (χ2n) is 3.49. The molecular formula is C12H20N2OS. The van der Waals surface area contributed by atoms with Crippen LogP contribution in [0.25, 0.3) is 0 Å². The Kier molecular flexibility index (Phi) is 6.08. The Hall–Kier alpha value is -0.900. The van der Waals surface area contributed by atoms with Crippen LogP contribution in [-0.2, 0) is 0 Å². The number of anilines is 1. The summed E-state index contributed by atoms with van der Waals surface area (Å²) in [4.78, 5) is 4.32. The van der Waals surface area contributed by atoms with Crippen LogP contribution in [0.2, 0.25) is 0 Å². The number of aromatic nitrogens is 1. The zero-order valence-corrected chi connectivity index (χ0v) is 11.0. The van der Waals surface area contributed by atoms with Gasteiger partial charge in [0.05, 0.1) is 6.61 Å². The molecule has 1 heterocycles. The summed E-state index contributed by atoms with van der Waals surface area (Å²) in [7, 11) is 0. The van der Waals surface area contributed by atoms with Crippen LogP contribution in [0.1, 0.15) is 20.3 Å². The molecule has 1 unspecified atom stereocenters. The number of rotatable bonds is 7. The lowest BCUT2D eigenvalue weighted by atomic mass is 10.2. The van der Waals surface area contributed by atoms with Gasteiger partial charge in [-0.15, -0.1) is 0 Å². The monoisotopic (exact) mass is 240 g/mol. The van der Waals surface area contributed by atoms with Gasteiger partial charge in [-0.1, -0.05) is 6.92 Å². The Balaban J connectivity index is 2.70. The highest BCUT2D eigenvalue weighted by atomic mass is 32.2. The summed E-state index contributed by atoms with van der Waals surface area (Å²) >= 11 is 1.84. The van der Waals surface area contributed by atoms with Gasteiger partial charge in [0, 0.05) is 18.0 Å². The quantitative estimate of drug-likeness (QED) is 0.794. The van der Waals surface area contributed by atoms with Crippen LogP contribution >= 0.6 is 11.8 Å². The van der Waals surface area contributed by atoms with Crippen LogP contribution in [0.3, 0.4) is 0 Å². The summed E-state index contributed by atoms with van der Waals surface area (Å²) in [5, 5.41) is 3.43. The van der Waals surface area contributed by atoms with Crippen LogP contribution < -0.4 is 10.1 Å². The Labute approximate surface area is 102 Å². The molecule has 3 nitrogen and oxygen atoms in total. The Morgan fingerprint density at radius 2 is 2.31 bits per heavy atom. The zero-order valence-electron chi connectivity index (χ0n) is 10.2. The van der Waals surface area contributed by atoms with E-state index in [-0.39, 0.29) is 0 Å². The minimum Gasteiger partial charge on any atom is -0.490 e. The van der Waals surface area contributed by atoms with Gasteiger partial charge in [0.1, 0.15) is 0 Å². The fourth-order valence-corrected chi connectivity index (χ4v) is 2.15. The third-order valence-electron chi connectivity index (χ3n) is 2.27. The second-order valence-corrected chi connectivity index (χ2v) is 4.40. The van der Waals surface area contributed by atoms with Gasteiger partial charge >= 0.3 is 0 Å². The van der Waals surface area contributed by atoms with E-state index in [0.717, 1.165) is 23.7 Å². The summed E-state index contributed by atoms with van der Waals surface area (Å²) in [6, 6.07) is 4.29. The van der Waals surface area contributed by atoms with Crippen molar-refractivity contribution in [1.82, 2.24) is 4.98 Å². The first-order valence-electron chi connectivity index (χ1n) is 5.65. The fourth-order valence-electron chi connectivity index (χ4n) is 1.43. The third kappa shape index (κ3) is 3.93. The van der Waals surface area contributed by atoms with Crippen LogP contribution in [0.15, 0.2) is 18.3 Å². The number of nitrogens with zero attached hydrogens (tertiary/aromatic N) is 1. The van der Waals surface area contributed by atoms with E-state index in [1.165, 1.54) is 0 Å². The molecule has 1 aromatic heterocycles. The lowest BCUT2D eigenvalue weighted by molar-refractivity contribution is 0.340. The van der Waals surface area contributed by atoms with Crippen LogP contribution in [0.5, 0.6) is 5.75 Å². The minimum atomic E-state index is 0.448. The first kappa shape index (κ1) is 13.2. The topological polar surface area (TPSA) is 34.1 Å². The molecule has 0 aliphatic carbocycles. The highest BCUT2D eigenvalue weighted by Crippen LogP contribution is 2.22. The molecule has 0 aromatic carbocycles. The zero-order chi connectivity index (χ0) is 11.8. The molecule has 0 radical (unpaired) electrons. The molecule has 16 heavy (non-hydrogen) atoms. The summed E-state index contributed by atoms with van der Waals surface area (Å²) in [6.07, 6.45) is 4.99. The lowest BCUT2D eigenvalue weighted by Gasteiger charge is -2.18. The summed E-state index contributed by atoms with van der Waals surface area (Å²) < 4.78 is 5.53. The second kappa shape index (κ2) is 7.39. The van der Waals surface area contributed by atoms with Crippen LogP contribution in [0.4, 0.5) is 5.82 Å². The molecule has 4 heteroatoms. The first-order chi connectivity index (χ1) is 7.81. The van der Waals surface area contributed by atoms with E-state index in [9.17, 15) is 0 Å². The maximum Gasteiger partial charge on any atom is 0.168 e. The van der Waals surface area contributed by atoms with Crippen molar-refractivity contribution >= 4 is 17.6 Å². The molecule has 0 bridgehead atoms. The van der Waals surface area contributed by atoms with Crippen molar-refractivity contribution in [2.45, 2.75) is 26.3 Å². The molecular weight excluding hydrogens is 220 g/mol. The maximum atomic E-state index is 5.53. The number of pyridine rings is 1. The van der Waals surface area contributed by atoms with E-state index in [1.54, 1.807) is 6.20 Å². The molecule has 0 saturated heterocycles. The average molecular weight is 240 g/mol. The summed E-state index contributed by atoms with van der Waals surface area (Å²) in [6.45, 7) is 4.83. The molecule has 1 N–H and O–H groups in total. The molecule has 1 rings (SSSR count). The number of hydrogen-bond acceptors (Lipinski definition) is 4. The van der Waals surface area contributed by atoms with Gasteiger partial charge < -0.3 is 10.1 Å². The van der Waals surface area contributed by atoms with Gasteiger partial charge in [-0.2, -0.15) is 11.8 Å².